The second kappa shape index (κ2) is 11.0. The van der Waals surface area contributed by atoms with Crippen molar-refractivity contribution in [2.45, 2.75) is 45.8 Å². The molecule has 0 radical (unpaired) electrons. The molecule has 2 aromatic heterocycles. The zero-order chi connectivity index (χ0) is 24.0. The quantitative estimate of drug-likeness (QED) is 0.468. The van der Waals surface area contributed by atoms with Gasteiger partial charge in [-0.3, -0.25) is 14.6 Å². The maximum absolute atomic E-state index is 12.4. The number of hydrogen-bond donors (Lipinski definition) is 3. The third-order valence-electron chi connectivity index (χ3n) is 7.11. The molecule has 1 aliphatic rings. The van der Waals surface area contributed by atoms with Crippen molar-refractivity contribution in [2.75, 3.05) is 20.1 Å². The van der Waals surface area contributed by atoms with Gasteiger partial charge in [0.25, 0.3) is 5.56 Å². The molecule has 0 unspecified atom stereocenters. The number of H-pyrrole nitrogens is 1. The lowest BCUT2D eigenvalue weighted by molar-refractivity contribution is 0.0545. The number of aryl methyl sites for hydroxylation is 1. The molecule has 3 heterocycles. The molecule has 0 amide bonds. The second-order valence-corrected chi connectivity index (χ2v) is 9.22. The summed E-state index contributed by atoms with van der Waals surface area (Å²) in [7, 11) is 4.24. The number of rotatable bonds is 5. The Bertz CT molecular complexity index is 1270. The fourth-order valence-corrected chi connectivity index (χ4v) is 5.00. The molecule has 0 spiro atoms. The predicted octanol–water partition coefficient (Wildman–Crippen LogP) is 3.87. The molecule has 1 aromatic carbocycles. The Balaban J connectivity index is 0.00000216. The third-order valence-corrected chi connectivity index (χ3v) is 7.11. The number of aromatic amines is 1. The molecule has 1 aliphatic heterocycles. The zero-order valence-corrected chi connectivity index (χ0v) is 22.3. The molecule has 2 atom stereocenters. The van der Waals surface area contributed by atoms with Gasteiger partial charge < -0.3 is 19.8 Å². The number of likely N-dealkylation sites (N-methyl/N-ethyl adjacent to an activating group) is 1. The molecule has 192 valence electrons. The summed E-state index contributed by atoms with van der Waals surface area (Å²) in [6, 6.07) is 9.06. The molecule has 4 rings (SSSR count). The van der Waals surface area contributed by atoms with E-state index in [9.17, 15) is 19.8 Å². The Hall–Kier alpha value is -2.52. The molecule has 35 heavy (non-hydrogen) atoms. The molecule has 1 saturated heterocycles. The standard InChI is InChI=1S/C25H32N4O4.2ClH/c1-6-19-22(26-24(31)21(23(19)30)25(32)33)16-7-8-20-17(9-16)10-18(28(20)5)13-29-11-14(2)27(4)15(3)12-29;;/h7-10,14-15H,6,11-13H2,1-5H3,(H,32,33)(H2,26,30,31);2*1H/t14-,15+;;. The van der Waals surface area contributed by atoms with Gasteiger partial charge in [0.2, 0.25) is 0 Å². The fraction of sp³-hybridized carbons (Fsp3) is 0.440. The summed E-state index contributed by atoms with van der Waals surface area (Å²) in [5.74, 6) is -1.90. The summed E-state index contributed by atoms with van der Waals surface area (Å²) in [6.45, 7) is 9.23. The van der Waals surface area contributed by atoms with Gasteiger partial charge >= 0.3 is 5.97 Å². The lowest BCUT2D eigenvalue weighted by atomic mass is 9.99. The Morgan fingerprint density at radius 2 is 1.74 bits per heavy atom. The highest BCUT2D eigenvalue weighted by Gasteiger charge is 2.27. The fourth-order valence-electron chi connectivity index (χ4n) is 5.00. The van der Waals surface area contributed by atoms with E-state index in [2.05, 4.69) is 53.4 Å². The summed E-state index contributed by atoms with van der Waals surface area (Å²) in [5.41, 5.74) is 2.48. The minimum atomic E-state index is -1.44. The molecular weight excluding hydrogens is 491 g/mol. The van der Waals surface area contributed by atoms with Crippen LogP contribution >= 0.6 is 24.8 Å². The molecule has 3 N–H and O–H groups in total. The number of carbonyl (C=O) groups is 1. The van der Waals surface area contributed by atoms with E-state index in [0.717, 1.165) is 36.1 Å². The molecule has 0 aliphatic carbocycles. The monoisotopic (exact) mass is 524 g/mol. The number of hydrogen-bond acceptors (Lipinski definition) is 5. The number of aromatic hydroxyl groups is 1. The van der Waals surface area contributed by atoms with Gasteiger partial charge in [-0.05, 0) is 51.1 Å². The van der Waals surface area contributed by atoms with Crippen LogP contribution in [0.5, 0.6) is 5.75 Å². The van der Waals surface area contributed by atoms with Crippen LogP contribution in [0.3, 0.4) is 0 Å². The van der Waals surface area contributed by atoms with Gasteiger partial charge in [0.15, 0.2) is 5.56 Å². The molecule has 1 fully saturated rings. The highest BCUT2D eigenvalue weighted by Crippen LogP contribution is 2.32. The summed E-state index contributed by atoms with van der Waals surface area (Å²) in [4.78, 5) is 31.3. The van der Waals surface area contributed by atoms with Crippen LogP contribution in [0, 0.1) is 0 Å². The smallest absolute Gasteiger partial charge is 0.345 e. The molecule has 3 aromatic rings. The largest absolute Gasteiger partial charge is 0.506 e. The first-order valence-corrected chi connectivity index (χ1v) is 11.4. The van der Waals surface area contributed by atoms with Gasteiger partial charge in [0.05, 0.1) is 5.69 Å². The van der Waals surface area contributed by atoms with Crippen LogP contribution in [0.25, 0.3) is 22.2 Å². The minimum absolute atomic E-state index is 0. The van der Waals surface area contributed by atoms with Crippen LogP contribution in [0.2, 0.25) is 0 Å². The van der Waals surface area contributed by atoms with Crippen LogP contribution in [-0.2, 0) is 20.0 Å². The van der Waals surface area contributed by atoms with E-state index in [0.29, 0.717) is 29.8 Å². The Morgan fingerprint density at radius 3 is 2.31 bits per heavy atom. The van der Waals surface area contributed by atoms with Crippen LogP contribution < -0.4 is 5.56 Å². The predicted molar refractivity (Wildman–Crippen MR) is 143 cm³/mol. The maximum Gasteiger partial charge on any atom is 0.345 e. The van der Waals surface area contributed by atoms with E-state index in [1.54, 1.807) is 0 Å². The lowest BCUT2D eigenvalue weighted by Gasteiger charge is -2.42. The summed E-state index contributed by atoms with van der Waals surface area (Å²) < 4.78 is 2.20. The number of pyridine rings is 1. The van der Waals surface area contributed by atoms with Gasteiger partial charge in [0.1, 0.15) is 5.75 Å². The zero-order valence-electron chi connectivity index (χ0n) is 20.7. The number of carboxylic acids is 1. The third kappa shape index (κ3) is 5.21. The molecule has 8 nitrogen and oxygen atoms in total. The van der Waals surface area contributed by atoms with Gasteiger partial charge in [-0.25, -0.2) is 4.79 Å². The molecular formula is C25H34Cl2N4O4. The number of piperazine rings is 1. The lowest BCUT2D eigenvalue weighted by Crippen LogP contribution is -2.54. The minimum Gasteiger partial charge on any atom is -0.506 e. The average molecular weight is 525 g/mol. The Kier molecular flexibility index (Phi) is 9.05. The van der Waals surface area contributed by atoms with E-state index in [-0.39, 0.29) is 24.8 Å². The highest BCUT2D eigenvalue weighted by atomic mass is 35.5. The van der Waals surface area contributed by atoms with Crippen molar-refractivity contribution >= 4 is 41.7 Å². The second-order valence-electron chi connectivity index (χ2n) is 9.22. The van der Waals surface area contributed by atoms with E-state index in [1.807, 2.05) is 25.1 Å². The normalized spacial score (nSPS) is 18.8. The highest BCUT2D eigenvalue weighted by molar-refractivity contribution is 5.92. The molecule has 0 saturated carbocycles. The van der Waals surface area contributed by atoms with Gasteiger partial charge in [-0.2, -0.15) is 0 Å². The SMILES string of the molecule is CCc1c(-c2ccc3c(c2)cc(CN2C[C@@H](C)N(C)[C@@H](C)C2)n3C)[nH]c(=O)c(C(=O)O)c1O.Cl.Cl. The average Bonchev–Trinajstić information content (AvgIpc) is 3.06. The van der Waals surface area contributed by atoms with Crippen LogP contribution in [0.1, 0.15) is 42.4 Å². The summed E-state index contributed by atoms with van der Waals surface area (Å²) >= 11 is 0. The topological polar surface area (TPSA) is 102 Å². The Morgan fingerprint density at radius 1 is 1.11 bits per heavy atom. The van der Waals surface area contributed by atoms with Crippen LogP contribution in [-0.4, -0.2) is 67.8 Å². The number of aromatic carboxylic acids is 1. The van der Waals surface area contributed by atoms with Crippen molar-refractivity contribution in [2.24, 2.45) is 7.05 Å². The van der Waals surface area contributed by atoms with E-state index >= 15 is 0 Å². The van der Waals surface area contributed by atoms with Crippen molar-refractivity contribution < 1.29 is 15.0 Å². The first kappa shape index (κ1) is 28.7. The van der Waals surface area contributed by atoms with Crippen molar-refractivity contribution in [1.29, 1.82) is 0 Å². The molecule has 10 heteroatoms. The number of carboxylic acid groups (broad SMARTS) is 1. The first-order valence-electron chi connectivity index (χ1n) is 11.4. The number of benzene rings is 1. The van der Waals surface area contributed by atoms with Crippen LogP contribution in [0.4, 0.5) is 0 Å². The van der Waals surface area contributed by atoms with Gasteiger partial charge in [0, 0.05) is 60.9 Å². The van der Waals surface area contributed by atoms with Crippen molar-refractivity contribution in [3.63, 3.8) is 0 Å². The van der Waals surface area contributed by atoms with Crippen LogP contribution in [0.15, 0.2) is 29.1 Å². The number of halogens is 2. The van der Waals surface area contributed by atoms with Crippen molar-refractivity contribution in [3.8, 4) is 17.0 Å². The van der Waals surface area contributed by atoms with E-state index < -0.39 is 22.8 Å². The Labute approximate surface area is 217 Å². The molecule has 0 bridgehead atoms. The number of fused-ring (bicyclic) bond motifs is 1. The van der Waals surface area contributed by atoms with Gasteiger partial charge in [-0.15, -0.1) is 24.8 Å². The van der Waals surface area contributed by atoms with Gasteiger partial charge in [-0.1, -0.05) is 13.0 Å². The van der Waals surface area contributed by atoms with E-state index in [4.69, 9.17) is 0 Å². The number of nitrogens with one attached hydrogen (secondary N) is 1. The van der Waals surface area contributed by atoms with Crippen molar-refractivity contribution in [3.05, 3.63) is 51.4 Å². The summed E-state index contributed by atoms with van der Waals surface area (Å²) in [5, 5.41) is 20.8. The summed E-state index contributed by atoms with van der Waals surface area (Å²) in [6.07, 6.45) is 0.385. The first-order chi connectivity index (χ1) is 15.6. The number of nitrogens with zero attached hydrogens (tertiary/aromatic N) is 3. The van der Waals surface area contributed by atoms with E-state index in [1.165, 1.54) is 5.69 Å². The number of aromatic nitrogens is 2. The maximum atomic E-state index is 12.4. The van der Waals surface area contributed by atoms with Crippen molar-refractivity contribution in [1.82, 2.24) is 19.4 Å².